The molecule has 2 aromatic rings. The molecule has 0 saturated heterocycles. The lowest BCUT2D eigenvalue weighted by atomic mass is 9.67. The Hall–Kier alpha value is -2.40. The molecule has 1 saturated carbocycles. The zero-order chi connectivity index (χ0) is 26.6. The average molecular weight is 522 g/mol. The SMILES string of the molecule is Cc1ccc(-c2c(C(F)(F)F)cc(C3CCC(C(F)(F)F)(C(F)(F)F)CC3)cc2C(F)(F)F)cc1. The van der Waals surface area contributed by atoms with E-state index in [0.29, 0.717) is 17.7 Å². The monoisotopic (exact) mass is 522 g/mol. The molecule has 0 unspecified atom stereocenters. The third kappa shape index (κ3) is 5.11. The van der Waals surface area contributed by atoms with Crippen LogP contribution in [0.3, 0.4) is 0 Å². The van der Waals surface area contributed by atoms with Gasteiger partial charge in [0.15, 0.2) is 5.41 Å². The topological polar surface area (TPSA) is 0 Å². The molecular weight excluding hydrogens is 504 g/mol. The minimum atomic E-state index is -5.67. The summed E-state index contributed by atoms with van der Waals surface area (Å²) < 4.78 is 163. The fraction of sp³-hybridized carbons (Fsp3) is 0.478. The van der Waals surface area contributed by atoms with Crippen LogP contribution in [-0.2, 0) is 12.4 Å². The molecule has 0 heterocycles. The van der Waals surface area contributed by atoms with Gasteiger partial charge in [-0.2, -0.15) is 52.7 Å². The minimum Gasteiger partial charge on any atom is -0.170 e. The van der Waals surface area contributed by atoms with Crippen LogP contribution >= 0.6 is 0 Å². The molecule has 0 amide bonds. The number of alkyl halides is 12. The first kappa shape index (κ1) is 27.2. The van der Waals surface area contributed by atoms with E-state index in [1.54, 1.807) is 6.92 Å². The van der Waals surface area contributed by atoms with Gasteiger partial charge in [0.2, 0.25) is 0 Å². The smallest absolute Gasteiger partial charge is 0.170 e. The number of benzene rings is 2. The molecule has 0 N–H and O–H groups in total. The molecule has 12 heteroatoms. The maximum atomic E-state index is 13.9. The first-order valence-corrected chi connectivity index (χ1v) is 10.3. The van der Waals surface area contributed by atoms with Crippen molar-refractivity contribution in [2.24, 2.45) is 5.41 Å². The zero-order valence-electron chi connectivity index (χ0n) is 17.9. The first-order valence-electron chi connectivity index (χ1n) is 10.3. The van der Waals surface area contributed by atoms with E-state index >= 15 is 0 Å². The standard InChI is InChI=1S/C23H18F12/c1-12-2-4-14(5-3-12)18-16(20(24,25)26)10-15(11-17(18)21(27,28)29)13-6-8-19(9-7-13,22(30,31)32)23(33,34)35/h2-5,10-11,13H,6-9H2,1H3. The second-order valence-electron chi connectivity index (χ2n) is 8.70. The summed E-state index contributed by atoms with van der Waals surface area (Å²) in [7, 11) is 0. The largest absolute Gasteiger partial charge is 0.417 e. The Morgan fingerprint density at radius 1 is 0.657 bits per heavy atom. The van der Waals surface area contributed by atoms with Crippen molar-refractivity contribution >= 4 is 0 Å². The van der Waals surface area contributed by atoms with Gasteiger partial charge in [0.05, 0.1) is 11.1 Å². The molecule has 35 heavy (non-hydrogen) atoms. The highest BCUT2D eigenvalue weighted by atomic mass is 19.4. The molecule has 2 aromatic carbocycles. The lowest BCUT2D eigenvalue weighted by Crippen LogP contribution is -2.51. The maximum absolute atomic E-state index is 13.9. The quantitative estimate of drug-likeness (QED) is 0.345. The van der Waals surface area contributed by atoms with Gasteiger partial charge in [0.1, 0.15) is 0 Å². The number of hydrogen-bond acceptors (Lipinski definition) is 0. The minimum absolute atomic E-state index is 0.376. The van der Waals surface area contributed by atoms with Crippen molar-refractivity contribution in [1.82, 2.24) is 0 Å². The summed E-state index contributed by atoms with van der Waals surface area (Å²) in [6.45, 7) is 1.58. The van der Waals surface area contributed by atoms with Gasteiger partial charge in [-0.15, -0.1) is 0 Å². The van der Waals surface area contributed by atoms with Crippen molar-refractivity contribution in [3.63, 3.8) is 0 Å². The van der Waals surface area contributed by atoms with E-state index in [0.717, 1.165) is 12.1 Å². The van der Waals surface area contributed by atoms with Gasteiger partial charge in [0.25, 0.3) is 0 Å². The van der Waals surface area contributed by atoms with Gasteiger partial charge < -0.3 is 0 Å². The van der Waals surface area contributed by atoms with Gasteiger partial charge in [-0.1, -0.05) is 29.8 Å². The normalized spacial score (nSPS) is 18.1. The van der Waals surface area contributed by atoms with Gasteiger partial charge in [-0.25, -0.2) is 0 Å². The maximum Gasteiger partial charge on any atom is 0.417 e. The highest BCUT2D eigenvalue weighted by Gasteiger charge is 2.70. The fourth-order valence-electron chi connectivity index (χ4n) is 4.55. The number of aryl methyl sites for hydroxylation is 1. The van der Waals surface area contributed by atoms with Crippen LogP contribution in [0.25, 0.3) is 11.1 Å². The van der Waals surface area contributed by atoms with Gasteiger partial charge in [0, 0.05) is 5.56 Å². The van der Waals surface area contributed by atoms with Crippen LogP contribution in [0.5, 0.6) is 0 Å². The van der Waals surface area contributed by atoms with E-state index in [1.165, 1.54) is 12.1 Å². The molecule has 0 spiro atoms. The third-order valence-electron chi connectivity index (χ3n) is 6.51. The molecule has 0 bridgehead atoms. The van der Waals surface area contributed by atoms with Crippen molar-refractivity contribution in [2.45, 2.75) is 63.2 Å². The van der Waals surface area contributed by atoms with Crippen LogP contribution in [0, 0.1) is 12.3 Å². The Bertz CT molecular complexity index is 993. The molecule has 0 aromatic heterocycles. The molecule has 0 atom stereocenters. The molecule has 0 nitrogen and oxygen atoms in total. The summed E-state index contributed by atoms with van der Waals surface area (Å²) >= 11 is 0. The van der Waals surface area contributed by atoms with E-state index in [9.17, 15) is 52.7 Å². The second kappa shape index (κ2) is 8.62. The number of rotatable bonds is 2. The van der Waals surface area contributed by atoms with Gasteiger partial charge in [-0.3, -0.25) is 0 Å². The van der Waals surface area contributed by atoms with E-state index < -0.39 is 84.0 Å². The molecule has 1 aliphatic carbocycles. The van der Waals surface area contributed by atoms with E-state index in [2.05, 4.69) is 0 Å². The predicted octanol–water partition coefficient (Wildman–Crippen LogP) is 9.47. The Kier molecular flexibility index (Phi) is 6.69. The van der Waals surface area contributed by atoms with E-state index in [1.807, 2.05) is 0 Å². The summed E-state index contributed by atoms with van der Waals surface area (Å²) in [5.41, 5.74) is -8.92. The molecule has 0 aliphatic heterocycles. The molecule has 0 radical (unpaired) electrons. The van der Waals surface area contributed by atoms with Gasteiger partial charge >= 0.3 is 24.7 Å². The van der Waals surface area contributed by atoms with Crippen LogP contribution in [0.2, 0.25) is 0 Å². The Balaban J connectivity index is 2.14. The van der Waals surface area contributed by atoms with Crippen molar-refractivity contribution < 1.29 is 52.7 Å². The summed E-state index contributed by atoms with van der Waals surface area (Å²) in [5.74, 6) is -1.35. The Morgan fingerprint density at radius 2 is 1.06 bits per heavy atom. The predicted molar refractivity (Wildman–Crippen MR) is 102 cm³/mol. The molecule has 1 fully saturated rings. The number of hydrogen-bond donors (Lipinski definition) is 0. The Morgan fingerprint density at radius 3 is 1.40 bits per heavy atom. The zero-order valence-corrected chi connectivity index (χ0v) is 17.9. The fourth-order valence-corrected chi connectivity index (χ4v) is 4.55. The number of halogens is 12. The van der Waals surface area contributed by atoms with Crippen LogP contribution in [0.1, 0.15) is 53.9 Å². The molecular formula is C23H18F12. The Labute approximate surface area is 191 Å². The molecule has 3 rings (SSSR count). The first-order chi connectivity index (χ1) is 15.8. The summed E-state index contributed by atoms with van der Waals surface area (Å²) in [5, 5.41) is 0. The second-order valence-corrected chi connectivity index (χ2v) is 8.70. The van der Waals surface area contributed by atoms with Crippen molar-refractivity contribution in [3.05, 3.63) is 58.7 Å². The average Bonchev–Trinajstić information content (AvgIpc) is 2.70. The van der Waals surface area contributed by atoms with Crippen molar-refractivity contribution in [2.75, 3.05) is 0 Å². The van der Waals surface area contributed by atoms with Crippen molar-refractivity contribution in [3.8, 4) is 11.1 Å². The van der Waals surface area contributed by atoms with Crippen LogP contribution in [0.15, 0.2) is 36.4 Å². The molecule has 194 valence electrons. The molecule has 1 aliphatic rings. The highest BCUT2D eigenvalue weighted by molar-refractivity contribution is 5.73. The summed E-state index contributed by atoms with van der Waals surface area (Å²) in [4.78, 5) is 0. The van der Waals surface area contributed by atoms with E-state index in [4.69, 9.17) is 0 Å². The van der Waals surface area contributed by atoms with Gasteiger partial charge in [-0.05, 0) is 61.8 Å². The summed E-state index contributed by atoms with van der Waals surface area (Å²) in [6, 6.07) is 5.61. The van der Waals surface area contributed by atoms with Crippen LogP contribution < -0.4 is 0 Å². The van der Waals surface area contributed by atoms with Crippen LogP contribution in [0.4, 0.5) is 52.7 Å². The van der Waals surface area contributed by atoms with Crippen molar-refractivity contribution in [1.29, 1.82) is 0 Å². The lowest BCUT2D eigenvalue weighted by Gasteiger charge is -2.42. The highest BCUT2D eigenvalue weighted by Crippen LogP contribution is 2.60. The lowest BCUT2D eigenvalue weighted by molar-refractivity contribution is -0.350. The van der Waals surface area contributed by atoms with E-state index in [-0.39, 0.29) is 5.56 Å². The van der Waals surface area contributed by atoms with Crippen LogP contribution in [-0.4, -0.2) is 12.4 Å². The summed E-state index contributed by atoms with van der Waals surface area (Å²) in [6.07, 6.45) is -26.6. The third-order valence-corrected chi connectivity index (χ3v) is 6.51.